The van der Waals surface area contributed by atoms with Crippen LogP contribution in [0.4, 0.5) is 0 Å². The average Bonchev–Trinajstić information content (AvgIpc) is 3.30. The lowest BCUT2D eigenvalue weighted by Gasteiger charge is -2.13. The topological polar surface area (TPSA) is 90.6 Å². The zero-order chi connectivity index (χ0) is 26.6. The molecular weight excluding hydrogens is 480 g/mol. The van der Waals surface area contributed by atoms with Crippen LogP contribution in [0.25, 0.3) is 33.3 Å². The van der Waals surface area contributed by atoms with E-state index in [1.165, 1.54) is 7.11 Å². The van der Waals surface area contributed by atoms with Gasteiger partial charge < -0.3 is 14.6 Å². The van der Waals surface area contributed by atoms with E-state index in [1.54, 1.807) is 28.8 Å². The number of carboxylic acid groups (broad SMARTS) is 1. The molecule has 4 aromatic carbocycles. The number of hydrogen-bond donors (Lipinski definition) is 1. The Labute approximate surface area is 219 Å². The number of carbonyl (C=O) groups is 2. The predicted molar refractivity (Wildman–Crippen MR) is 146 cm³/mol. The lowest BCUT2D eigenvalue weighted by molar-refractivity contribution is 0.0600. The molecule has 1 aromatic heterocycles. The van der Waals surface area contributed by atoms with Crippen molar-refractivity contribution in [1.29, 1.82) is 0 Å². The first-order valence-electron chi connectivity index (χ1n) is 12.2. The fraction of sp³-hybridized carbons (Fsp3) is 0.129. The van der Waals surface area contributed by atoms with Crippen molar-refractivity contribution < 1.29 is 24.2 Å². The maximum absolute atomic E-state index is 12.5. The highest BCUT2D eigenvalue weighted by molar-refractivity contribution is 6.01. The van der Waals surface area contributed by atoms with Crippen LogP contribution < -0.4 is 4.74 Å². The van der Waals surface area contributed by atoms with Crippen LogP contribution in [0.3, 0.4) is 0 Å². The van der Waals surface area contributed by atoms with E-state index in [0.717, 1.165) is 27.8 Å². The van der Waals surface area contributed by atoms with Gasteiger partial charge in [-0.05, 0) is 59.0 Å². The smallest absolute Gasteiger partial charge is 0.338 e. The van der Waals surface area contributed by atoms with Crippen LogP contribution in [-0.2, 0) is 11.3 Å². The monoisotopic (exact) mass is 506 g/mol. The molecule has 0 spiro atoms. The Morgan fingerprint density at radius 3 is 2.26 bits per heavy atom. The molecule has 1 heterocycles. The van der Waals surface area contributed by atoms with E-state index < -0.39 is 11.9 Å². The predicted octanol–water partition coefficient (Wildman–Crippen LogP) is 6.30. The van der Waals surface area contributed by atoms with E-state index in [9.17, 15) is 14.7 Å². The summed E-state index contributed by atoms with van der Waals surface area (Å²) in [4.78, 5) is 29.0. The molecule has 38 heavy (non-hydrogen) atoms. The summed E-state index contributed by atoms with van der Waals surface area (Å²) in [5.41, 5.74) is 6.30. The highest BCUT2D eigenvalue weighted by Crippen LogP contribution is 2.31. The minimum atomic E-state index is -1.02. The third kappa shape index (κ3) is 4.74. The quantitative estimate of drug-likeness (QED) is 0.248. The summed E-state index contributed by atoms with van der Waals surface area (Å²) in [5.74, 6) is -1.43. The number of aromatic carboxylic acids is 1. The Hall–Kier alpha value is -4.91. The molecule has 0 bridgehead atoms. The Morgan fingerprint density at radius 2 is 1.58 bits per heavy atom. The molecule has 0 saturated carbocycles. The summed E-state index contributed by atoms with van der Waals surface area (Å²) in [5, 5.41) is 9.75. The molecular formula is C31H26N2O5. The van der Waals surface area contributed by atoms with Gasteiger partial charge in [0.2, 0.25) is 0 Å². The molecule has 0 amide bonds. The second-order valence-corrected chi connectivity index (χ2v) is 8.71. The van der Waals surface area contributed by atoms with Gasteiger partial charge in [0.25, 0.3) is 6.01 Å². The van der Waals surface area contributed by atoms with Crippen molar-refractivity contribution in [2.75, 3.05) is 13.7 Å². The Morgan fingerprint density at radius 1 is 0.842 bits per heavy atom. The van der Waals surface area contributed by atoms with Crippen LogP contribution in [0.1, 0.15) is 33.2 Å². The normalized spacial score (nSPS) is 10.9. The molecule has 7 heteroatoms. The minimum absolute atomic E-state index is 0.165. The number of carboxylic acids is 1. The largest absolute Gasteiger partial charge is 0.478 e. The van der Waals surface area contributed by atoms with Crippen molar-refractivity contribution >= 4 is 23.0 Å². The van der Waals surface area contributed by atoms with Crippen molar-refractivity contribution in [1.82, 2.24) is 9.55 Å². The van der Waals surface area contributed by atoms with Crippen molar-refractivity contribution in [3.63, 3.8) is 0 Å². The number of rotatable bonds is 8. The van der Waals surface area contributed by atoms with Crippen LogP contribution in [0.5, 0.6) is 6.01 Å². The number of aromatic nitrogens is 2. The number of para-hydroxylation sites is 1. The van der Waals surface area contributed by atoms with Crippen LogP contribution in [0.15, 0.2) is 91.0 Å². The van der Waals surface area contributed by atoms with Gasteiger partial charge in [0, 0.05) is 0 Å². The van der Waals surface area contributed by atoms with E-state index in [4.69, 9.17) is 9.47 Å². The number of benzene rings is 4. The standard InChI is InChI=1S/C31H26N2O5/c1-3-38-31-32-27-11-7-10-25(29(34)35)28(27)33(31)19-20-12-14-22(15-13-20)26-18-23(21-8-5-4-6-9-21)16-17-24(26)30(36)37-2/h4-18H,3,19H2,1-2H3,(H,34,35). The lowest BCUT2D eigenvalue weighted by Crippen LogP contribution is -2.08. The molecule has 5 aromatic rings. The third-order valence-electron chi connectivity index (χ3n) is 6.37. The summed E-state index contributed by atoms with van der Waals surface area (Å²) >= 11 is 0. The van der Waals surface area contributed by atoms with Crippen molar-refractivity contribution in [2.24, 2.45) is 0 Å². The number of fused-ring (bicyclic) bond motifs is 1. The first-order valence-corrected chi connectivity index (χ1v) is 12.2. The Kier molecular flexibility index (Phi) is 6.91. The molecule has 0 fully saturated rings. The number of nitrogens with zero attached hydrogens (tertiary/aromatic N) is 2. The number of ether oxygens (including phenoxy) is 2. The zero-order valence-corrected chi connectivity index (χ0v) is 21.0. The van der Waals surface area contributed by atoms with Gasteiger partial charge in [-0.2, -0.15) is 4.98 Å². The summed E-state index contributed by atoms with van der Waals surface area (Å²) in [6.45, 7) is 2.63. The molecule has 7 nitrogen and oxygen atoms in total. The molecule has 0 aliphatic carbocycles. The molecule has 0 unspecified atom stereocenters. The second kappa shape index (κ2) is 10.6. The Bertz CT molecular complexity index is 1620. The maximum Gasteiger partial charge on any atom is 0.338 e. The van der Waals surface area contributed by atoms with Crippen molar-refractivity contribution in [3.05, 3.63) is 108 Å². The van der Waals surface area contributed by atoms with Crippen LogP contribution in [0.2, 0.25) is 0 Å². The molecule has 0 radical (unpaired) electrons. The molecule has 1 N–H and O–H groups in total. The molecule has 0 aliphatic heterocycles. The first-order chi connectivity index (χ1) is 18.5. The van der Waals surface area contributed by atoms with Crippen LogP contribution in [0, 0.1) is 0 Å². The maximum atomic E-state index is 12.5. The number of imidazole rings is 1. The molecule has 0 aliphatic rings. The van der Waals surface area contributed by atoms with Crippen LogP contribution in [-0.4, -0.2) is 40.3 Å². The van der Waals surface area contributed by atoms with E-state index in [-0.39, 0.29) is 5.56 Å². The van der Waals surface area contributed by atoms with Crippen molar-refractivity contribution in [2.45, 2.75) is 13.5 Å². The fourth-order valence-electron chi connectivity index (χ4n) is 4.58. The summed E-state index contributed by atoms with van der Waals surface area (Å²) < 4.78 is 12.6. The molecule has 0 saturated heterocycles. The van der Waals surface area contributed by atoms with Gasteiger partial charge in [0.1, 0.15) is 0 Å². The van der Waals surface area contributed by atoms with E-state index in [0.29, 0.717) is 35.8 Å². The summed E-state index contributed by atoms with van der Waals surface area (Å²) in [6.07, 6.45) is 0. The second-order valence-electron chi connectivity index (χ2n) is 8.71. The van der Waals surface area contributed by atoms with Gasteiger partial charge in [-0.3, -0.25) is 4.57 Å². The zero-order valence-electron chi connectivity index (χ0n) is 21.0. The van der Waals surface area contributed by atoms with E-state index in [2.05, 4.69) is 4.98 Å². The van der Waals surface area contributed by atoms with Gasteiger partial charge in [-0.25, -0.2) is 9.59 Å². The highest BCUT2D eigenvalue weighted by Gasteiger charge is 2.19. The van der Waals surface area contributed by atoms with Gasteiger partial charge >= 0.3 is 11.9 Å². The van der Waals surface area contributed by atoms with Gasteiger partial charge in [0.05, 0.1) is 42.4 Å². The Balaban J connectivity index is 1.54. The minimum Gasteiger partial charge on any atom is -0.478 e. The van der Waals surface area contributed by atoms with Crippen LogP contribution >= 0.6 is 0 Å². The molecule has 190 valence electrons. The molecule has 5 rings (SSSR count). The van der Waals surface area contributed by atoms with Crippen molar-refractivity contribution in [3.8, 4) is 28.3 Å². The van der Waals surface area contributed by atoms with E-state index in [1.807, 2.05) is 73.7 Å². The van der Waals surface area contributed by atoms with Gasteiger partial charge in [-0.1, -0.05) is 66.7 Å². The van der Waals surface area contributed by atoms with E-state index >= 15 is 0 Å². The molecule has 0 atom stereocenters. The highest BCUT2D eigenvalue weighted by atomic mass is 16.5. The SMILES string of the molecule is CCOc1nc2cccc(C(=O)O)c2n1Cc1ccc(-c2cc(-c3ccccc3)ccc2C(=O)OC)cc1. The van der Waals surface area contributed by atoms with Gasteiger partial charge in [-0.15, -0.1) is 0 Å². The number of carbonyl (C=O) groups excluding carboxylic acids is 1. The third-order valence-corrected chi connectivity index (χ3v) is 6.37. The summed E-state index contributed by atoms with van der Waals surface area (Å²) in [6, 6.07) is 28.9. The number of methoxy groups -OCH3 is 1. The fourth-order valence-corrected chi connectivity index (χ4v) is 4.58. The van der Waals surface area contributed by atoms with Gasteiger partial charge in [0.15, 0.2) is 0 Å². The number of hydrogen-bond acceptors (Lipinski definition) is 5. The average molecular weight is 507 g/mol. The lowest BCUT2D eigenvalue weighted by atomic mass is 9.94. The number of esters is 1. The first kappa shape index (κ1) is 24.8. The summed E-state index contributed by atoms with van der Waals surface area (Å²) in [7, 11) is 1.37.